The molecule has 218 valence electrons. The number of ether oxygens (including phenoxy) is 3. The fourth-order valence-corrected chi connectivity index (χ4v) is 6.52. The highest BCUT2D eigenvalue weighted by Crippen LogP contribution is 2.47. The normalized spacial score (nSPS) is 25.1. The molecule has 0 bridgehead atoms. The third-order valence-corrected chi connectivity index (χ3v) is 8.54. The number of carbonyl (C=O) groups excluding carboxylic acids is 1. The maximum Gasteiger partial charge on any atom is 0.323 e. The van der Waals surface area contributed by atoms with Gasteiger partial charge in [-0.1, -0.05) is 18.2 Å². The molecule has 1 aromatic carbocycles. The Bertz CT molecular complexity index is 1390. The minimum Gasteiger partial charge on any atom is -0.479 e. The molecule has 3 aromatic rings. The number of hydrogen-bond acceptors (Lipinski definition) is 13. The molecule has 0 aliphatic carbocycles. The van der Waals surface area contributed by atoms with E-state index in [-0.39, 0.29) is 30.2 Å². The number of benzene rings is 1. The van der Waals surface area contributed by atoms with Gasteiger partial charge in [-0.25, -0.2) is 10.1 Å². The zero-order valence-electron chi connectivity index (χ0n) is 22.6. The molecule has 1 saturated heterocycles. The molecule has 16 heteroatoms. The molecule has 0 saturated carbocycles. The number of nitrogens with zero attached hydrogens (tertiary/aromatic N) is 4. The highest BCUT2D eigenvalue weighted by molar-refractivity contribution is 8.09. The van der Waals surface area contributed by atoms with Crippen molar-refractivity contribution < 1.29 is 38.3 Å². The number of esters is 1. The number of nitrogen functional groups attached to an aromatic ring is 1. The Hall–Kier alpha value is -2.91. The molecule has 2 aromatic heterocycles. The number of carbonyl (C=O) groups is 1. The minimum atomic E-state index is -3.41. The van der Waals surface area contributed by atoms with Crippen LogP contribution in [0, 0.1) is 0 Å². The van der Waals surface area contributed by atoms with E-state index in [4.69, 9.17) is 40.8 Å². The quantitative estimate of drug-likeness (QED) is 0.185. The van der Waals surface area contributed by atoms with Gasteiger partial charge in [0, 0.05) is 0 Å². The number of methoxy groups -OCH3 is 1. The summed E-state index contributed by atoms with van der Waals surface area (Å²) in [5.74, 6) is -0.0432. The summed E-state index contributed by atoms with van der Waals surface area (Å²) in [6, 6.07) is 7.86. The van der Waals surface area contributed by atoms with E-state index in [1.165, 1.54) is 24.9 Å². The van der Waals surface area contributed by atoms with Gasteiger partial charge in [-0.05, 0) is 51.6 Å². The van der Waals surface area contributed by atoms with Crippen LogP contribution in [-0.2, 0) is 30.6 Å². The predicted octanol–water partition coefficient (Wildman–Crippen LogP) is 1.68. The van der Waals surface area contributed by atoms with Gasteiger partial charge in [-0.3, -0.25) is 9.36 Å². The van der Waals surface area contributed by atoms with Crippen LogP contribution in [0.15, 0.2) is 36.7 Å². The second-order valence-corrected chi connectivity index (χ2v) is 12.8. The Morgan fingerprint density at radius 3 is 2.65 bits per heavy atom. The van der Waals surface area contributed by atoms with Crippen molar-refractivity contribution in [3.05, 3.63) is 36.7 Å². The van der Waals surface area contributed by atoms with Gasteiger partial charge in [0.25, 0.3) is 0 Å². The number of aliphatic hydroxyl groups is 2. The number of aliphatic hydroxyl groups excluding tert-OH is 1. The first-order valence-corrected chi connectivity index (χ1v) is 15.1. The first-order valence-electron chi connectivity index (χ1n) is 12.4. The van der Waals surface area contributed by atoms with Crippen LogP contribution in [0.1, 0.15) is 33.9 Å². The summed E-state index contributed by atoms with van der Waals surface area (Å²) in [4.78, 5) is 24.9. The van der Waals surface area contributed by atoms with Crippen molar-refractivity contribution >= 4 is 41.5 Å². The van der Waals surface area contributed by atoms with Crippen molar-refractivity contribution in [2.75, 3.05) is 19.5 Å². The number of nitrogens with one attached hydrogen (secondary N) is 1. The second kappa shape index (κ2) is 11.9. The van der Waals surface area contributed by atoms with Crippen molar-refractivity contribution in [3.8, 4) is 11.6 Å². The summed E-state index contributed by atoms with van der Waals surface area (Å²) in [6.07, 6.45) is -2.56. The maximum atomic E-state index is 12.5. The molecule has 6 atom stereocenters. The summed E-state index contributed by atoms with van der Waals surface area (Å²) in [5, 5.41) is 25.3. The summed E-state index contributed by atoms with van der Waals surface area (Å²) < 4.78 is 30.0. The molecule has 1 fully saturated rings. The van der Waals surface area contributed by atoms with Crippen LogP contribution in [-0.4, -0.2) is 79.4 Å². The van der Waals surface area contributed by atoms with Crippen molar-refractivity contribution in [1.29, 1.82) is 0 Å². The third-order valence-electron chi connectivity index (χ3n) is 6.04. The largest absolute Gasteiger partial charge is 0.479 e. The lowest BCUT2D eigenvalue weighted by molar-refractivity contribution is -0.149. The molecule has 5 N–H and O–H groups in total. The Morgan fingerprint density at radius 2 is 2.00 bits per heavy atom. The molecule has 1 aliphatic rings. The number of rotatable bonds is 11. The zero-order valence-corrected chi connectivity index (χ0v) is 24.3. The Kier molecular flexibility index (Phi) is 8.95. The van der Waals surface area contributed by atoms with E-state index in [9.17, 15) is 15.0 Å². The van der Waals surface area contributed by atoms with Crippen LogP contribution < -0.4 is 20.1 Å². The van der Waals surface area contributed by atoms with Crippen LogP contribution >= 0.6 is 6.64 Å². The van der Waals surface area contributed by atoms with Crippen LogP contribution in [0.3, 0.4) is 0 Å². The maximum absolute atomic E-state index is 12.5. The first kappa shape index (κ1) is 30.1. The summed E-state index contributed by atoms with van der Waals surface area (Å²) in [5.41, 5.74) is 4.54. The van der Waals surface area contributed by atoms with Crippen LogP contribution in [0.4, 0.5) is 5.95 Å². The van der Waals surface area contributed by atoms with E-state index in [1.54, 1.807) is 45.0 Å². The Balaban J connectivity index is 1.56. The van der Waals surface area contributed by atoms with Gasteiger partial charge in [-0.15, -0.1) is 0 Å². The van der Waals surface area contributed by atoms with Crippen LogP contribution in [0.2, 0.25) is 0 Å². The van der Waals surface area contributed by atoms with E-state index in [0.717, 1.165) is 0 Å². The third kappa shape index (κ3) is 6.36. The molecule has 40 heavy (non-hydrogen) atoms. The predicted molar refractivity (Wildman–Crippen MR) is 148 cm³/mol. The number of hydrogen-bond donors (Lipinski definition) is 4. The summed E-state index contributed by atoms with van der Waals surface area (Å²) >= 11 is 5.73. The van der Waals surface area contributed by atoms with E-state index >= 15 is 0 Å². The van der Waals surface area contributed by atoms with Crippen LogP contribution in [0.25, 0.3) is 11.2 Å². The number of anilines is 1. The topological polar surface area (TPSA) is 185 Å². The van der Waals surface area contributed by atoms with Crippen molar-refractivity contribution in [3.63, 3.8) is 0 Å². The number of fused-ring (bicyclic) bond motifs is 1. The fourth-order valence-electron chi connectivity index (χ4n) is 4.10. The molecule has 4 rings (SSSR count). The van der Waals surface area contributed by atoms with Gasteiger partial charge in [-0.2, -0.15) is 9.97 Å². The van der Waals surface area contributed by atoms with Gasteiger partial charge in [0.05, 0.1) is 26.1 Å². The molecule has 0 amide bonds. The number of nitrogens with two attached hydrogens (primary N) is 1. The first-order chi connectivity index (χ1) is 18.8. The molecule has 0 spiro atoms. The molecular formula is C24H33N6O8PS. The number of imidazole rings is 1. The van der Waals surface area contributed by atoms with E-state index in [2.05, 4.69) is 20.0 Å². The Morgan fingerprint density at radius 1 is 1.30 bits per heavy atom. The average molecular weight is 597 g/mol. The van der Waals surface area contributed by atoms with E-state index in [0.29, 0.717) is 11.3 Å². The highest BCUT2D eigenvalue weighted by Gasteiger charge is 2.54. The highest BCUT2D eigenvalue weighted by atomic mass is 32.5. The minimum absolute atomic E-state index is 0.0703. The lowest BCUT2D eigenvalue weighted by atomic mass is 9.96. The Labute approximate surface area is 236 Å². The monoisotopic (exact) mass is 596 g/mol. The summed E-state index contributed by atoms with van der Waals surface area (Å²) in [7, 11) is 1.42. The van der Waals surface area contributed by atoms with Gasteiger partial charge in [0.1, 0.15) is 29.6 Å². The van der Waals surface area contributed by atoms with Gasteiger partial charge < -0.3 is 39.2 Å². The van der Waals surface area contributed by atoms with Gasteiger partial charge in [0.15, 0.2) is 17.4 Å². The van der Waals surface area contributed by atoms with E-state index < -0.39 is 42.7 Å². The number of aromatic nitrogens is 4. The molecule has 14 nitrogen and oxygen atoms in total. The molecule has 3 heterocycles. The van der Waals surface area contributed by atoms with E-state index in [1.807, 2.05) is 6.07 Å². The molecule has 1 aliphatic heterocycles. The van der Waals surface area contributed by atoms with Gasteiger partial charge in [0.2, 0.25) is 11.8 Å². The average Bonchev–Trinajstić information content (AvgIpc) is 3.40. The molecule has 1 unspecified atom stereocenters. The fraction of sp³-hybridized carbons (Fsp3) is 0.500. The van der Waals surface area contributed by atoms with Crippen molar-refractivity contribution in [2.45, 2.75) is 63.9 Å². The zero-order chi connectivity index (χ0) is 29.2. The number of para-hydroxylation sites is 1. The standard InChI is InChI=1S/C24H33N6O8PS/c1-13(2)36-21(32)14(3)29-39(40,38-15-9-7-6-8-10-15)35-11-16-18(31)24(4,33)22(37-16)30-12-26-17-19(30)27-23(25)28-20(17)34-5/h6-10,12-14,16,18,22,31,33H,11H2,1-5H3,(H,29,40)(H2,25,27,28)/t14-,16+,18+,22+,24+,39?/m0/s1. The summed E-state index contributed by atoms with van der Waals surface area (Å²) in [6.45, 7) is 2.76. The van der Waals surface area contributed by atoms with Crippen molar-refractivity contribution in [2.24, 2.45) is 0 Å². The second-order valence-electron chi connectivity index (χ2n) is 9.65. The lowest BCUT2D eigenvalue weighted by Gasteiger charge is -2.28. The van der Waals surface area contributed by atoms with Gasteiger partial charge >= 0.3 is 12.6 Å². The lowest BCUT2D eigenvalue weighted by Crippen LogP contribution is -2.44. The molecule has 0 radical (unpaired) electrons. The molecular weight excluding hydrogens is 563 g/mol. The van der Waals surface area contributed by atoms with Crippen LogP contribution in [0.5, 0.6) is 11.6 Å². The smallest absolute Gasteiger partial charge is 0.323 e. The SMILES string of the molecule is COc1nc(N)nc2c1ncn2[C@@H]1O[C@H](COP(=S)(N[C@@H](C)C(=O)OC(C)C)Oc2ccccc2)[C@@H](O)[C@@]1(C)O. The van der Waals surface area contributed by atoms with Crippen molar-refractivity contribution in [1.82, 2.24) is 24.6 Å².